The van der Waals surface area contributed by atoms with Crippen molar-refractivity contribution in [2.24, 2.45) is 5.73 Å². The summed E-state index contributed by atoms with van der Waals surface area (Å²) in [6.07, 6.45) is 3.76. The average Bonchev–Trinajstić information content (AvgIpc) is 3.20. The van der Waals surface area contributed by atoms with Crippen LogP contribution in [-0.4, -0.2) is 93.7 Å². The van der Waals surface area contributed by atoms with Crippen LogP contribution in [-0.2, 0) is 20.8 Å². The summed E-state index contributed by atoms with van der Waals surface area (Å²) in [5.74, 6) is -2.37. The number of hydrogen-bond donors (Lipinski definition) is 4. The summed E-state index contributed by atoms with van der Waals surface area (Å²) in [5.41, 5.74) is 6.57. The van der Waals surface area contributed by atoms with Gasteiger partial charge >= 0.3 is 11.9 Å². The molecule has 0 aliphatic carbocycles. The first-order valence-corrected chi connectivity index (χ1v) is 10.2. The van der Waals surface area contributed by atoms with Crippen molar-refractivity contribution in [3.8, 4) is 0 Å². The van der Waals surface area contributed by atoms with E-state index in [1.807, 2.05) is 30.3 Å². The van der Waals surface area contributed by atoms with Gasteiger partial charge in [-0.3, -0.25) is 14.9 Å². The molecule has 0 aromatic heterocycles. The van der Waals surface area contributed by atoms with Crippen LogP contribution in [0.2, 0.25) is 0 Å². The Morgan fingerprint density at radius 3 is 2.40 bits per heavy atom. The summed E-state index contributed by atoms with van der Waals surface area (Å²) in [5, 5.41) is 22.0. The summed E-state index contributed by atoms with van der Waals surface area (Å²) in [7, 11) is 0. The van der Waals surface area contributed by atoms with Gasteiger partial charge in [0.15, 0.2) is 0 Å². The summed E-state index contributed by atoms with van der Waals surface area (Å²) < 4.78 is 0. The summed E-state index contributed by atoms with van der Waals surface area (Å²) in [4.78, 5) is 37.7. The third-order valence-electron chi connectivity index (χ3n) is 5.33. The zero-order chi connectivity index (χ0) is 21.2. The number of amides is 1. The van der Waals surface area contributed by atoms with E-state index >= 15 is 0 Å². The number of carbonyl (C=O) groups is 3. The molecule has 1 aliphatic rings. The minimum atomic E-state index is -1.02. The largest absolute Gasteiger partial charge is 0.480 e. The van der Waals surface area contributed by atoms with Gasteiger partial charge in [0.2, 0.25) is 5.91 Å². The number of benzene rings is 1. The molecule has 1 radical (unpaired) electrons. The number of nitrogens with one attached hydrogen (secondary N) is 1. The van der Waals surface area contributed by atoms with Crippen LogP contribution in [0.3, 0.4) is 0 Å². The van der Waals surface area contributed by atoms with Gasteiger partial charge in [0, 0.05) is 36.1 Å². The van der Waals surface area contributed by atoms with E-state index in [4.69, 9.17) is 5.73 Å². The molecule has 0 saturated carbocycles. The monoisotopic (exact) mass is 428 g/mol. The number of likely N-dealkylation sites (tertiary alicyclic amines) is 1. The Morgan fingerprint density at radius 1 is 1.10 bits per heavy atom. The topological polar surface area (TPSA) is 133 Å². The molecule has 1 aromatic rings. The van der Waals surface area contributed by atoms with Gasteiger partial charge in [0.25, 0.3) is 0 Å². The molecule has 2 rings (SSSR count). The molecule has 9 heteroatoms. The van der Waals surface area contributed by atoms with Crippen LogP contribution in [0, 0.1) is 0 Å². The molecule has 1 saturated heterocycles. The molecule has 1 aliphatic heterocycles. The molecule has 1 heterocycles. The molecule has 1 aromatic carbocycles. The quantitative estimate of drug-likeness (QED) is 0.287. The molecular formula is C21H31N3NaO5. The maximum absolute atomic E-state index is 13.1. The molecule has 5 N–H and O–H groups in total. The predicted molar refractivity (Wildman–Crippen MR) is 114 cm³/mol. The van der Waals surface area contributed by atoms with Crippen molar-refractivity contribution >= 4 is 47.4 Å². The van der Waals surface area contributed by atoms with E-state index in [2.05, 4.69) is 5.32 Å². The Hall–Kier alpha value is -1.45. The van der Waals surface area contributed by atoms with Crippen LogP contribution < -0.4 is 11.1 Å². The Morgan fingerprint density at radius 2 is 1.80 bits per heavy atom. The van der Waals surface area contributed by atoms with E-state index in [-0.39, 0.29) is 35.5 Å². The first kappa shape index (κ1) is 26.6. The van der Waals surface area contributed by atoms with Crippen LogP contribution >= 0.6 is 0 Å². The van der Waals surface area contributed by atoms with Gasteiger partial charge in [-0.15, -0.1) is 0 Å². The maximum Gasteiger partial charge on any atom is 0.326 e. The van der Waals surface area contributed by atoms with Gasteiger partial charge in [0.05, 0.1) is 6.04 Å². The standard InChI is InChI=1S/C21H31N3O5.Na/c22-13-5-4-9-16(19(25)24-14-6-10-18(24)21(28)29)23-17(20(26)27)12-11-15-7-2-1-3-8-15;/h1-3,7-8,16-18,23H,4-6,9-14,22H2,(H,26,27)(H,28,29);/t16-,17+,18+;/m0./s1. The second kappa shape index (κ2) is 13.8. The summed E-state index contributed by atoms with van der Waals surface area (Å²) in [6.45, 7) is 0.866. The number of carboxylic acids is 2. The third-order valence-corrected chi connectivity index (χ3v) is 5.33. The predicted octanol–water partition coefficient (Wildman–Crippen LogP) is 0.854. The summed E-state index contributed by atoms with van der Waals surface area (Å²) in [6, 6.07) is 7.10. The van der Waals surface area contributed by atoms with Crippen molar-refractivity contribution in [2.45, 2.75) is 63.1 Å². The molecule has 8 nitrogen and oxygen atoms in total. The number of aryl methyl sites for hydroxylation is 1. The summed E-state index contributed by atoms with van der Waals surface area (Å²) >= 11 is 0. The fraction of sp³-hybridized carbons (Fsp3) is 0.571. The number of unbranched alkanes of at least 4 members (excludes halogenated alkanes) is 1. The van der Waals surface area contributed by atoms with Crippen molar-refractivity contribution in [3.63, 3.8) is 0 Å². The molecule has 1 fully saturated rings. The zero-order valence-corrected chi connectivity index (χ0v) is 19.6. The van der Waals surface area contributed by atoms with E-state index in [1.165, 1.54) is 4.90 Å². The smallest absolute Gasteiger partial charge is 0.326 e. The molecule has 0 unspecified atom stereocenters. The molecule has 3 atom stereocenters. The first-order chi connectivity index (χ1) is 13.9. The van der Waals surface area contributed by atoms with Gasteiger partial charge in [-0.2, -0.15) is 0 Å². The van der Waals surface area contributed by atoms with Gasteiger partial charge in [0.1, 0.15) is 12.1 Å². The van der Waals surface area contributed by atoms with Crippen molar-refractivity contribution in [3.05, 3.63) is 35.9 Å². The maximum atomic E-state index is 13.1. The van der Waals surface area contributed by atoms with Gasteiger partial charge in [-0.1, -0.05) is 36.8 Å². The van der Waals surface area contributed by atoms with E-state index in [0.29, 0.717) is 51.6 Å². The fourth-order valence-corrected chi connectivity index (χ4v) is 3.73. The second-order valence-corrected chi connectivity index (χ2v) is 7.45. The van der Waals surface area contributed by atoms with Crippen LogP contribution in [0.25, 0.3) is 0 Å². The molecule has 0 spiro atoms. The Balaban J connectivity index is 0.00000450. The van der Waals surface area contributed by atoms with Crippen LogP contribution in [0.1, 0.15) is 44.1 Å². The van der Waals surface area contributed by atoms with E-state index in [9.17, 15) is 24.6 Å². The van der Waals surface area contributed by atoms with Crippen molar-refractivity contribution in [1.29, 1.82) is 0 Å². The number of hydrogen-bond acceptors (Lipinski definition) is 5. The average molecular weight is 428 g/mol. The van der Waals surface area contributed by atoms with Crippen LogP contribution in [0.5, 0.6) is 0 Å². The minimum absolute atomic E-state index is 0. The SMILES string of the molecule is NCCCC[C@H](N[C@H](CCc1ccccc1)C(=O)O)C(=O)N1CCC[C@@H]1C(=O)O.[Na]. The molecular weight excluding hydrogens is 397 g/mol. The number of aliphatic carboxylic acids is 2. The third kappa shape index (κ3) is 8.00. The van der Waals surface area contributed by atoms with Gasteiger partial charge in [-0.05, 0) is 50.6 Å². The Bertz CT molecular complexity index is 688. The number of nitrogens with two attached hydrogens (primary N) is 1. The van der Waals surface area contributed by atoms with Crippen molar-refractivity contribution in [1.82, 2.24) is 10.2 Å². The number of nitrogens with zero attached hydrogens (tertiary/aromatic N) is 1. The van der Waals surface area contributed by atoms with E-state index in [0.717, 1.165) is 12.0 Å². The second-order valence-electron chi connectivity index (χ2n) is 7.45. The molecule has 0 bridgehead atoms. The van der Waals surface area contributed by atoms with Gasteiger partial charge < -0.3 is 20.8 Å². The van der Waals surface area contributed by atoms with E-state index in [1.54, 1.807) is 0 Å². The molecule has 30 heavy (non-hydrogen) atoms. The van der Waals surface area contributed by atoms with Gasteiger partial charge in [-0.25, -0.2) is 4.79 Å². The minimum Gasteiger partial charge on any atom is -0.480 e. The van der Waals surface area contributed by atoms with Crippen LogP contribution in [0.4, 0.5) is 0 Å². The number of carboxylic acid groups (broad SMARTS) is 2. The van der Waals surface area contributed by atoms with Crippen molar-refractivity contribution < 1.29 is 24.6 Å². The molecule has 1 amide bonds. The number of rotatable bonds is 12. The zero-order valence-electron chi connectivity index (χ0n) is 17.6. The van der Waals surface area contributed by atoms with Crippen molar-refractivity contribution in [2.75, 3.05) is 13.1 Å². The first-order valence-electron chi connectivity index (χ1n) is 10.2. The van der Waals surface area contributed by atoms with Crippen LogP contribution in [0.15, 0.2) is 30.3 Å². The Kier molecular flexibility index (Phi) is 12.2. The Labute approximate surface area is 199 Å². The van der Waals surface area contributed by atoms with E-state index < -0.39 is 30.1 Å². The molecule has 161 valence electrons. The fourth-order valence-electron chi connectivity index (χ4n) is 3.73. The normalized spacial score (nSPS) is 17.8. The number of carbonyl (C=O) groups excluding carboxylic acids is 1.